The molecule has 0 saturated carbocycles. The molecule has 0 aliphatic carbocycles. The third-order valence-corrected chi connectivity index (χ3v) is 3.25. The highest BCUT2D eigenvalue weighted by atomic mass is 35.5. The fourth-order valence-electron chi connectivity index (χ4n) is 2.11. The second-order valence-electron chi connectivity index (χ2n) is 4.75. The summed E-state index contributed by atoms with van der Waals surface area (Å²) in [6.45, 7) is 14.4. The lowest BCUT2D eigenvalue weighted by atomic mass is 10.1. The summed E-state index contributed by atoms with van der Waals surface area (Å²) in [4.78, 5) is 1.60. The predicted octanol–water partition coefficient (Wildman–Crippen LogP) is -0.00370. The second kappa shape index (κ2) is 13.8. The third kappa shape index (κ3) is 10.6. The van der Waals surface area contributed by atoms with Crippen LogP contribution in [0, 0.1) is 0 Å². The van der Waals surface area contributed by atoms with Gasteiger partial charge in [-0.2, -0.15) is 0 Å². The number of hydrogen-bond donors (Lipinski definition) is 1. The molecule has 0 aliphatic rings. The van der Waals surface area contributed by atoms with Crippen molar-refractivity contribution in [2.24, 2.45) is 0 Å². The van der Waals surface area contributed by atoms with E-state index in [2.05, 4.69) is 27.0 Å². The summed E-state index contributed by atoms with van der Waals surface area (Å²) in [5.41, 5.74) is 0. The van der Waals surface area contributed by atoms with Crippen LogP contribution in [-0.4, -0.2) is 19.1 Å². The summed E-state index contributed by atoms with van der Waals surface area (Å²) in [7, 11) is 0. The molecular weight excluding hydrogens is 230 g/mol. The van der Waals surface area contributed by atoms with E-state index in [0.717, 1.165) is 19.1 Å². The lowest BCUT2D eigenvalue weighted by molar-refractivity contribution is -0.912. The van der Waals surface area contributed by atoms with Gasteiger partial charge in [0, 0.05) is 0 Å². The minimum atomic E-state index is 0. The molecule has 0 aliphatic heterocycles. The van der Waals surface area contributed by atoms with Crippen molar-refractivity contribution < 1.29 is 17.3 Å². The molecule has 1 nitrogen and oxygen atoms in total. The zero-order chi connectivity index (χ0) is 12.2. The van der Waals surface area contributed by atoms with Crippen LogP contribution in [0.1, 0.15) is 52.4 Å². The van der Waals surface area contributed by atoms with Crippen molar-refractivity contribution in [1.82, 2.24) is 0 Å². The molecule has 0 fully saturated rings. The van der Waals surface area contributed by atoms with Gasteiger partial charge in [0.1, 0.15) is 0 Å². The van der Waals surface area contributed by atoms with E-state index < -0.39 is 0 Å². The van der Waals surface area contributed by atoms with Crippen LogP contribution in [0.5, 0.6) is 0 Å². The fourth-order valence-corrected chi connectivity index (χ4v) is 2.11. The van der Waals surface area contributed by atoms with Gasteiger partial charge < -0.3 is 17.3 Å². The van der Waals surface area contributed by atoms with E-state index in [1.165, 1.54) is 38.5 Å². The monoisotopic (exact) mass is 259 g/mol. The summed E-state index contributed by atoms with van der Waals surface area (Å²) in [6, 6.07) is 0.734. The molecule has 0 rings (SSSR count). The molecule has 0 aromatic carbocycles. The number of quaternary nitrogens is 1. The van der Waals surface area contributed by atoms with Crippen molar-refractivity contribution in [1.29, 1.82) is 0 Å². The molecule has 0 saturated heterocycles. The van der Waals surface area contributed by atoms with Crippen LogP contribution >= 0.6 is 0 Å². The Balaban J connectivity index is 0. The quantitative estimate of drug-likeness (QED) is 0.394. The summed E-state index contributed by atoms with van der Waals surface area (Å²) in [5, 5.41) is 0. The molecule has 102 valence electrons. The molecule has 0 bridgehead atoms. The Labute approximate surface area is 114 Å². The minimum Gasteiger partial charge on any atom is -1.00 e. The summed E-state index contributed by atoms with van der Waals surface area (Å²) < 4.78 is 0. The highest BCUT2D eigenvalue weighted by Gasteiger charge is 2.13. The molecule has 0 spiro atoms. The predicted molar refractivity (Wildman–Crippen MR) is 73.9 cm³/mol. The number of rotatable bonds is 11. The third-order valence-electron chi connectivity index (χ3n) is 3.25. The van der Waals surface area contributed by atoms with Gasteiger partial charge in [0.15, 0.2) is 0 Å². The number of nitrogens with one attached hydrogen (secondary N) is 1. The van der Waals surface area contributed by atoms with E-state index in [4.69, 9.17) is 0 Å². The molecule has 0 amide bonds. The van der Waals surface area contributed by atoms with Gasteiger partial charge >= 0.3 is 0 Å². The van der Waals surface area contributed by atoms with Gasteiger partial charge in [-0.3, -0.25) is 0 Å². The number of unbranched alkanes of at least 4 members (excludes halogenated alkanes) is 4. The Bertz CT molecular complexity index is 170. The second-order valence-corrected chi connectivity index (χ2v) is 4.75. The molecule has 2 heteroatoms. The van der Waals surface area contributed by atoms with Crippen LogP contribution in [0.3, 0.4) is 0 Å². The normalized spacial score (nSPS) is 11.9. The Hall–Kier alpha value is -0.270. The molecule has 1 N–H and O–H groups in total. The van der Waals surface area contributed by atoms with Crippen molar-refractivity contribution in [2.45, 2.75) is 58.4 Å². The van der Waals surface area contributed by atoms with Gasteiger partial charge in [0.05, 0.1) is 19.1 Å². The maximum atomic E-state index is 3.83. The van der Waals surface area contributed by atoms with Crippen LogP contribution in [0.25, 0.3) is 0 Å². The Morgan fingerprint density at radius 2 is 1.53 bits per heavy atom. The van der Waals surface area contributed by atoms with Gasteiger partial charge in [-0.15, -0.1) is 0 Å². The minimum absolute atomic E-state index is 0. The topological polar surface area (TPSA) is 4.44 Å². The van der Waals surface area contributed by atoms with E-state index in [0.29, 0.717) is 0 Å². The van der Waals surface area contributed by atoms with Crippen molar-refractivity contribution in [3.05, 3.63) is 25.3 Å². The van der Waals surface area contributed by atoms with Gasteiger partial charge in [0.2, 0.25) is 0 Å². The molecule has 17 heavy (non-hydrogen) atoms. The molecule has 0 aromatic rings. The fraction of sp³-hybridized carbons (Fsp3) is 0.733. The molecule has 0 heterocycles. The average molecular weight is 260 g/mol. The van der Waals surface area contributed by atoms with Gasteiger partial charge in [-0.05, 0) is 31.9 Å². The van der Waals surface area contributed by atoms with E-state index in [9.17, 15) is 0 Å². The van der Waals surface area contributed by atoms with E-state index in [-0.39, 0.29) is 12.4 Å². The first-order chi connectivity index (χ1) is 7.76. The summed E-state index contributed by atoms with van der Waals surface area (Å²) in [5.74, 6) is 0. The van der Waals surface area contributed by atoms with E-state index >= 15 is 0 Å². The molecule has 0 aromatic heterocycles. The van der Waals surface area contributed by atoms with Gasteiger partial charge in [-0.1, -0.05) is 45.8 Å². The van der Waals surface area contributed by atoms with Crippen molar-refractivity contribution in [2.75, 3.05) is 13.1 Å². The van der Waals surface area contributed by atoms with Gasteiger partial charge in [-0.25, -0.2) is 0 Å². The molecular formula is C15H30ClN. The first-order valence-corrected chi connectivity index (χ1v) is 6.82. The number of halogens is 1. The zero-order valence-corrected chi connectivity index (χ0v) is 12.4. The van der Waals surface area contributed by atoms with E-state index in [1.54, 1.807) is 4.90 Å². The van der Waals surface area contributed by atoms with Crippen LogP contribution in [-0.2, 0) is 0 Å². The highest BCUT2D eigenvalue weighted by molar-refractivity contribution is 4.69. The maximum absolute atomic E-state index is 3.83. The van der Waals surface area contributed by atoms with Gasteiger partial charge in [0.25, 0.3) is 0 Å². The smallest absolute Gasteiger partial charge is 0.0959 e. The molecule has 1 atom stereocenters. The first-order valence-electron chi connectivity index (χ1n) is 6.82. The standard InChI is InChI=1S/C15H29N.ClH/c1-5-8-9-10-11-12-15(4)16(13-6-2)14-7-3;/h6-7,15H,2-3,5,8-14H2,1,4H3;1H. The zero-order valence-electron chi connectivity index (χ0n) is 11.7. The molecule has 0 radical (unpaired) electrons. The maximum Gasteiger partial charge on any atom is 0.0959 e. The highest BCUT2D eigenvalue weighted by Crippen LogP contribution is 2.05. The Morgan fingerprint density at radius 1 is 1.00 bits per heavy atom. The van der Waals surface area contributed by atoms with Crippen molar-refractivity contribution >= 4 is 0 Å². The lowest BCUT2D eigenvalue weighted by Gasteiger charge is -2.23. The van der Waals surface area contributed by atoms with Crippen molar-refractivity contribution in [3.8, 4) is 0 Å². The number of hydrogen-bond acceptors (Lipinski definition) is 0. The van der Waals surface area contributed by atoms with Crippen LogP contribution in [0.2, 0.25) is 0 Å². The molecule has 1 unspecified atom stereocenters. The lowest BCUT2D eigenvalue weighted by Crippen LogP contribution is -3.15. The first kappa shape index (κ1) is 19.1. The van der Waals surface area contributed by atoms with Crippen LogP contribution < -0.4 is 17.3 Å². The Morgan fingerprint density at radius 3 is 2.00 bits per heavy atom. The van der Waals surface area contributed by atoms with Crippen molar-refractivity contribution in [3.63, 3.8) is 0 Å². The van der Waals surface area contributed by atoms with Crippen LogP contribution in [0.15, 0.2) is 25.3 Å². The summed E-state index contributed by atoms with van der Waals surface area (Å²) in [6.07, 6.45) is 12.3. The SMILES string of the molecule is C=CC[NH+](CC=C)C(C)CCCCCCC.[Cl-]. The van der Waals surface area contributed by atoms with Crippen LogP contribution in [0.4, 0.5) is 0 Å². The van der Waals surface area contributed by atoms with E-state index in [1.807, 2.05) is 12.2 Å². The average Bonchev–Trinajstić information content (AvgIpc) is 2.28. The summed E-state index contributed by atoms with van der Waals surface area (Å²) >= 11 is 0. The largest absolute Gasteiger partial charge is 1.00 e. The Kier molecular flexibility index (Phi) is 15.5.